The fraction of sp³-hybridized carbons (Fsp3) is 0.818. The Morgan fingerprint density at radius 1 is 0.686 bits per heavy atom. The van der Waals surface area contributed by atoms with E-state index in [4.69, 9.17) is 15.3 Å². The second-order valence-electron chi connectivity index (χ2n) is 6.73. The zero-order chi connectivity index (χ0) is 27.4. The van der Waals surface area contributed by atoms with Crippen LogP contribution in [0.3, 0.4) is 0 Å². The van der Waals surface area contributed by atoms with Gasteiger partial charge < -0.3 is 25.6 Å². The SMILES string of the molecule is CC.CCN(C)CC(=O)O.CCN(C)CC=O.CCN(CC)CC(=O)O.CN(C)CC(=O)O.O.[HH].[Tb]. The Morgan fingerprint density at radius 2 is 1.03 bits per heavy atom. The first-order chi connectivity index (χ1) is 15.3. The first-order valence-corrected chi connectivity index (χ1v) is 11.1. The van der Waals surface area contributed by atoms with Crippen molar-refractivity contribution in [1.29, 1.82) is 0 Å². The average molecular weight is 662 g/mol. The Labute approximate surface area is 244 Å². The average Bonchev–Trinajstić information content (AvgIpc) is 2.73. The van der Waals surface area contributed by atoms with Gasteiger partial charge in [0.25, 0.3) is 0 Å². The molecule has 0 atom stereocenters. The minimum atomic E-state index is -0.787. The number of hydrogen-bond donors (Lipinski definition) is 3. The third-order valence-corrected chi connectivity index (χ3v) is 3.58. The normalized spacial score (nSPS) is 8.86. The smallest absolute Gasteiger partial charge is 0.317 e. The largest absolute Gasteiger partial charge is 0.480 e. The van der Waals surface area contributed by atoms with E-state index in [2.05, 4.69) is 0 Å². The van der Waals surface area contributed by atoms with Crippen LogP contribution in [0.1, 0.15) is 43.0 Å². The molecule has 5 N–H and O–H groups in total. The fourth-order valence-electron chi connectivity index (χ4n) is 1.51. The summed E-state index contributed by atoms with van der Waals surface area (Å²) in [5, 5.41) is 24.5. The molecular formula is C22H54N4O8Tb. The molecule has 0 rings (SSSR count). The summed E-state index contributed by atoms with van der Waals surface area (Å²) in [5.74, 6) is -2.31. The van der Waals surface area contributed by atoms with Gasteiger partial charge in [0.1, 0.15) is 6.29 Å². The molecule has 13 heteroatoms. The van der Waals surface area contributed by atoms with Gasteiger partial charge in [0.05, 0.1) is 26.2 Å². The number of likely N-dealkylation sites (N-methyl/N-ethyl adjacent to an activating group) is 4. The first kappa shape index (κ1) is 50.9. The quantitative estimate of drug-likeness (QED) is 0.251. The van der Waals surface area contributed by atoms with Gasteiger partial charge in [-0.15, -0.1) is 0 Å². The number of aldehydes is 1. The van der Waals surface area contributed by atoms with E-state index >= 15 is 0 Å². The van der Waals surface area contributed by atoms with Gasteiger partial charge in [-0.3, -0.25) is 34.0 Å². The van der Waals surface area contributed by atoms with Crippen LogP contribution in [0, 0.1) is 38.6 Å². The molecule has 0 fully saturated rings. The molecule has 0 aliphatic rings. The van der Waals surface area contributed by atoms with Gasteiger partial charge in [0, 0.05) is 40.0 Å². The summed E-state index contributed by atoms with van der Waals surface area (Å²) in [5.41, 5.74) is 0. The molecule has 219 valence electrons. The monoisotopic (exact) mass is 661 g/mol. The summed E-state index contributed by atoms with van der Waals surface area (Å²) >= 11 is 0. The number of rotatable bonds is 12. The second kappa shape index (κ2) is 40.3. The van der Waals surface area contributed by atoms with Crippen molar-refractivity contribution in [2.24, 2.45) is 0 Å². The topological polar surface area (TPSA) is 173 Å². The van der Waals surface area contributed by atoms with Crippen molar-refractivity contribution < 1.29 is 80.0 Å². The molecule has 35 heavy (non-hydrogen) atoms. The number of hydrogen-bond acceptors (Lipinski definition) is 8. The van der Waals surface area contributed by atoms with Crippen molar-refractivity contribution >= 4 is 24.2 Å². The fourth-order valence-corrected chi connectivity index (χ4v) is 1.51. The predicted molar refractivity (Wildman–Crippen MR) is 139 cm³/mol. The molecule has 1 radical (unpaired) electrons. The Bertz CT molecular complexity index is 475. The molecule has 0 saturated carbocycles. The minimum absolute atomic E-state index is 0. The Balaban J connectivity index is -0.0000000462. The van der Waals surface area contributed by atoms with Gasteiger partial charge in [-0.05, 0) is 54.4 Å². The standard InChI is InChI=1S/C6H13NO2.C5H11NO2.C5H11NO.C4H9NO2.C2H6.H2O.Tb.H2/c1-3-7(4-2)5-6(8)9;1-3-6(2)4-5(7)8;1-3-6(2)4-5-7;1-5(2)3-4(6)7;1-2;;;/h3-5H2,1-2H3,(H,8,9);3-4H2,1-2H3,(H,7,8);5H,3-4H2,1-2H3;3H2,1-2H3,(H,6,7);1-2H3;1H2;;1H. The Hall–Kier alpha value is -0.834. The molecule has 0 aromatic heterocycles. The first-order valence-electron chi connectivity index (χ1n) is 11.1. The number of nitrogens with zero attached hydrogens (tertiary/aromatic N) is 4. The van der Waals surface area contributed by atoms with E-state index in [1.54, 1.807) is 30.9 Å². The van der Waals surface area contributed by atoms with Crippen LogP contribution in [0.15, 0.2) is 0 Å². The molecule has 0 bridgehead atoms. The van der Waals surface area contributed by atoms with E-state index < -0.39 is 17.9 Å². The summed E-state index contributed by atoms with van der Waals surface area (Å²) in [6.07, 6.45) is 0.906. The van der Waals surface area contributed by atoms with Gasteiger partial charge >= 0.3 is 17.9 Å². The van der Waals surface area contributed by atoms with E-state index in [1.807, 2.05) is 58.4 Å². The predicted octanol–water partition coefficient (Wildman–Crippen LogP) is 0.653. The molecule has 0 spiro atoms. The van der Waals surface area contributed by atoms with Gasteiger partial charge in [0.15, 0.2) is 0 Å². The third-order valence-electron chi connectivity index (χ3n) is 3.58. The van der Waals surface area contributed by atoms with Crippen LogP contribution in [-0.4, -0.2) is 145 Å². The maximum absolute atomic E-state index is 10.1. The van der Waals surface area contributed by atoms with Crippen molar-refractivity contribution in [2.45, 2.75) is 41.5 Å². The van der Waals surface area contributed by atoms with Crippen molar-refractivity contribution in [1.82, 2.24) is 19.6 Å². The van der Waals surface area contributed by atoms with Gasteiger partial charge in [0.2, 0.25) is 0 Å². The van der Waals surface area contributed by atoms with Crippen LogP contribution in [0.5, 0.6) is 0 Å². The van der Waals surface area contributed by atoms with Crippen molar-refractivity contribution in [3.05, 3.63) is 0 Å². The van der Waals surface area contributed by atoms with Crippen LogP contribution in [0.2, 0.25) is 0 Å². The molecule has 0 amide bonds. The number of carboxylic acid groups (broad SMARTS) is 3. The van der Waals surface area contributed by atoms with E-state index in [0.29, 0.717) is 6.54 Å². The Kier molecular flexibility index (Phi) is 58.7. The molecule has 0 aromatic rings. The maximum atomic E-state index is 10.1. The number of carboxylic acids is 3. The van der Waals surface area contributed by atoms with E-state index in [-0.39, 0.29) is 65.1 Å². The van der Waals surface area contributed by atoms with Crippen LogP contribution in [-0.2, 0) is 19.2 Å². The van der Waals surface area contributed by atoms with Gasteiger partial charge in [-0.1, -0.05) is 41.5 Å². The molecule has 0 aliphatic heterocycles. The van der Waals surface area contributed by atoms with Crippen molar-refractivity contribution in [3.8, 4) is 0 Å². The summed E-state index contributed by atoms with van der Waals surface area (Å²) in [4.78, 5) is 46.6. The molecule has 12 nitrogen and oxygen atoms in total. The Morgan fingerprint density at radius 3 is 1.11 bits per heavy atom. The van der Waals surface area contributed by atoms with Crippen LogP contribution in [0.25, 0.3) is 0 Å². The summed E-state index contributed by atoms with van der Waals surface area (Å²) in [7, 11) is 7.12. The molecule has 0 heterocycles. The van der Waals surface area contributed by atoms with Crippen LogP contribution in [0.4, 0.5) is 0 Å². The summed E-state index contributed by atoms with van der Waals surface area (Å²) in [6.45, 7) is 16.1. The molecule has 0 aromatic carbocycles. The minimum Gasteiger partial charge on any atom is -0.480 e. The number of aliphatic carboxylic acids is 3. The second-order valence-corrected chi connectivity index (χ2v) is 6.73. The molecular weight excluding hydrogens is 607 g/mol. The molecule has 0 saturated heterocycles. The van der Waals surface area contributed by atoms with Crippen LogP contribution >= 0.6 is 0 Å². The maximum Gasteiger partial charge on any atom is 0.317 e. The van der Waals surface area contributed by atoms with Gasteiger partial charge in [-0.25, -0.2) is 0 Å². The van der Waals surface area contributed by atoms with E-state index in [0.717, 1.165) is 32.5 Å². The third kappa shape index (κ3) is 65.6. The number of carbonyl (C=O) groups excluding carboxylic acids is 1. The van der Waals surface area contributed by atoms with Crippen molar-refractivity contribution in [2.75, 3.05) is 80.5 Å². The molecule has 0 aliphatic carbocycles. The zero-order valence-corrected chi connectivity index (χ0v) is 25.5. The summed E-state index contributed by atoms with van der Waals surface area (Å²) in [6, 6.07) is 0. The van der Waals surface area contributed by atoms with E-state index in [9.17, 15) is 19.2 Å². The zero-order valence-electron chi connectivity index (χ0n) is 23.3. The summed E-state index contributed by atoms with van der Waals surface area (Å²) < 4.78 is 0. The van der Waals surface area contributed by atoms with Crippen LogP contribution < -0.4 is 0 Å². The molecule has 0 unspecified atom stereocenters. The van der Waals surface area contributed by atoms with Gasteiger partial charge in [-0.2, -0.15) is 0 Å². The van der Waals surface area contributed by atoms with E-state index in [1.165, 1.54) is 0 Å². The number of carbonyl (C=O) groups is 4. The van der Waals surface area contributed by atoms with Crippen molar-refractivity contribution in [3.63, 3.8) is 0 Å².